The Morgan fingerprint density at radius 1 is 1.42 bits per heavy atom. The van der Waals surface area contributed by atoms with Gasteiger partial charge >= 0.3 is 5.97 Å². The SMILES string of the molecule is O=C1OCCc2cccc(I)c21. The van der Waals surface area contributed by atoms with E-state index in [0.717, 1.165) is 21.1 Å². The van der Waals surface area contributed by atoms with Gasteiger partial charge in [-0.2, -0.15) is 0 Å². The van der Waals surface area contributed by atoms with Gasteiger partial charge in [0.25, 0.3) is 0 Å². The van der Waals surface area contributed by atoms with Gasteiger partial charge in [-0.15, -0.1) is 0 Å². The predicted molar refractivity (Wildman–Crippen MR) is 53.1 cm³/mol. The van der Waals surface area contributed by atoms with Gasteiger partial charge in [-0.3, -0.25) is 0 Å². The fourth-order valence-corrected chi connectivity index (χ4v) is 2.11. The van der Waals surface area contributed by atoms with Crippen molar-refractivity contribution >= 4 is 28.6 Å². The van der Waals surface area contributed by atoms with Crippen molar-refractivity contribution in [1.29, 1.82) is 0 Å². The van der Waals surface area contributed by atoms with E-state index in [4.69, 9.17) is 4.74 Å². The Balaban J connectivity index is 2.60. The predicted octanol–water partition coefficient (Wildman–Crippen LogP) is 2.00. The minimum atomic E-state index is -0.179. The van der Waals surface area contributed by atoms with Crippen LogP contribution in [0.2, 0.25) is 0 Å². The van der Waals surface area contributed by atoms with Crippen LogP contribution < -0.4 is 0 Å². The molecule has 0 amide bonds. The number of benzene rings is 1. The van der Waals surface area contributed by atoms with Gasteiger partial charge in [0, 0.05) is 9.99 Å². The van der Waals surface area contributed by atoms with Crippen LogP contribution in [-0.2, 0) is 11.2 Å². The van der Waals surface area contributed by atoms with E-state index in [1.807, 2.05) is 18.2 Å². The van der Waals surface area contributed by atoms with E-state index in [9.17, 15) is 4.79 Å². The van der Waals surface area contributed by atoms with Gasteiger partial charge in [0.15, 0.2) is 0 Å². The number of rotatable bonds is 0. The summed E-state index contributed by atoms with van der Waals surface area (Å²) in [4.78, 5) is 11.3. The van der Waals surface area contributed by atoms with E-state index < -0.39 is 0 Å². The van der Waals surface area contributed by atoms with Crippen molar-refractivity contribution in [3.8, 4) is 0 Å². The average Bonchev–Trinajstić information content (AvgIpc) is 2.04. The Hall–Kier alpha value is -0.580. The average molecular weight is 274 g/mol. The van der Waals surface area contributed by atoms with Crippen LogP contribution in [0.25, 0.3) is 0 Å². The van der Waals surface area contributed by atoms with Crippen LogP contribution in [0, 0.1) is 3.57 Å². The lowest BCUT2D eigenvalue weighted by molar-refractivity contribution is 0.0479. The maximum atomic E-state index is 11.3. The van der Waals surface area contributed by atoms with E-state index >= 15 is 0 Å². The van der Waals surface area contributed by atoms with Gasteiger partial charge in [-0.05, 0) is 34.2 Å². The van der Waals surface area contributed by atoms with Crippen molar-refractivity contribution in [3.05, 3.63) is 32.9 Å². The molecule has 1 aliphatic rings. The van der Waals surface area contributed by atoms with Crippen molar-refractivity contribution in [1.82, 2.24) is 0 Å². The van der Waals surface area contributed by atoms with Crippen LogP contribution in [0.5, 0.6) is 0 Å². The molecular formula is C9H7IO2. The Labute approximate surface area is 84.1 Å². The molecule has 0 N–H and O–H groups in total. The highest BCUT2D eigenvalue weighted by Crippen LogP contribution is 2.21. The smallest absolute Gasteiger partial charge is 0.339 e. The molecule has 62 valence electrons. The molecule has 0 aromatic heterocycles. The van der Waals surface area contributed by atoms with E-state index in [2.05, 4.69) is 22.6 Å². The molecule has 1 aliphatic heterocycles. The number of esters is 1. The molecule has 0 saturated heterocycles. The number of hydrogen-bond donors (Lipinski definition) is 0. The van der Waals surface area contributed by atoms with Gasteiger partial charge in [-0.25, -0.2) is 4.79 Å². The lowest BCUT2D eigenvalue weighted by Gasteiger charge is -2.16. The Morgan fingerprint density at radius 3 is 3.00 bits per heavy atom. The summed E-state index contributed by atoms with van der Waals surface area (Å²) in [6.45, 7) is 0.520. The fraction of sp³-hybridized carbons (Fsp3) is 0.222. The molecule has 0 spiro atoms. The molecule has 0 atom stereocenters. The van der Waals surface area contributed by atoms with E-state index in [1.54, 1.807) is 0 Å². The molecule has 0 radical (unpaired) electrons. The molecule has 0 fully saturated rings. The topological polar surface area (TPSA) is 26.3 Å². The molecule has 0 unspecified atom stereocenters. The summed E-state index contributed by atoms with van der Waals surface area (Å²) in [5.41, 5.74) is 1.86. The molecule has 3 heteroatoms. The molecule has 0 saturated carbocycles. The van der Waals surface area contributed by atoms with Gasteiger partial charge in [0.05, 0.1) is 12.2 Å². The first-order valence-corrected chi connectivity index (χ1v) is 4.81. The summed E-state index contributed by atoms with van der Waals surface area (Å²) < 4.78 is 5.92. The lowest BCUT2D eigenvalue weighted by Crippen LogP contribution is -2.18. The summed E-state index contributed by atoms with van der Waals surface area (Å²) in [7, 11) is 0. The number of halogens is 1. The highest BCUT2D eigenvalue weighted by atomic mass is 127. The van der Waals surface area contributed by atoms with Crippen LogP contribution >= 0.6 is 22.6 Å². The number of fused-ring (bicyclic) bond motifs is 1. The van der Waals surface area contributed by atoms with Gasteiger partial charge in [0.1, 0.15) is 0 Å². The zero-order valence-corrected chi connectivity index (χ0v) is 8.50. The highest BCUT2D eigenvalue weighted by Gasteiger charge is 2.20. The number of ether oxygens (including phenoxy) is 1. The first kappa shape index (κ1) is 8.04. The second-order valence-electron chi connectivity index (χ2n) is 2.66. The third-order valence-electron chi connectivity index (χ3n) is 1.91. The fourth-order valence-electron chi connectivity index (χ4n) is 1.33. The van der Waals surface area contributed by atoms with E-state index in [0.29, 0.717) is 6.61 Å². The molecule has 1 aromatic carbocycles. The molecule has 2 nitrogen and oxygen atoms in total. The molecule has 1 heterocycles. The summed E-state index contributed by atoms with van der Waals surface area (Å²) >= 11 is 2.16. The normalized spacial score (nSPS) is 15.2. The van der Waals surface area contributed by atoms with Gasteiger partial charge in [0.2, 0.25) is 0 Å². The quantitative estimate of drug-likeness (QED) is 0.534. The molecule has 0 aliphatic carbocycles. The van der Waals surface area contributed by atoms with E-state index in [-0.39, 0.29) is 5.97 Å². The number of hydrogen-bond acceptors (Lipinski definition) is 2. The Morgan fingerprint density at radius 2 is 2.25 bits per heavy atom. The van der Waals surface area contributed by atoms with Gasteiger partial charge < -0.3 is 4.74 Å². The first-order chi connectivity index (χ1) is 5.79. The lowest BCUT2D eigenvalue weighted by atomic mass is 10.0. The summed E-state index contributed by atoms with van der Waals surface area (Å²) in [5, 5.41) is 0. The molecule has 0 bridgehead atoms. The van der Waals surface area contributed by atoms with Crippen molar-refractivity contribution < 1.29 is 9.53 Å². The van der Waals surface area contributed by atoms with Crippen LogP contribution in [-0.4, -0.2) is 12.6 Å². The summed E-state index contributed by atoms with van der Waals surface area (Å²) in [6.07, 6.45) is 0.845. The van der Waals surface area contributed by atoms with Crippen molar-refractivity contribution in [3.63, 3.8) is 0 Å². The summed E-state index contributed by atoms with van der Waals surface area (Å²) in [6, 6.07) is 5.88. The Kier molecular flexibility index (Phi) is 2.04. The first-order valence-electron chi connectivity index (χ1n) is 3.73. The molecule has 1 aromatic rings. The third kappa shape index (κ3) is 1.22. The maximum absolute atomic E-state index is 11.3. The largest absolute Gasteiger partial charge is 0.462 e. The van der Waals surface area contributed by atoms with Crippen LogP contribution in [0.4, 0.5) is 0 Å². The zero-order valence-electron chi connectivity index (χ0n) is 6.34. The number of carbonyl (C=O) groups excluding carboxylic acids is 1. The van der Waals surface area contributed by atoms with Gasteiger partial charge in [-0.1, -0.05) is 12.1 Å². The van der Waals surface area contributed by atoms with Crippen molar-refractivity contribution in [2.24, 2.45) is 0 Å². The monoisotopic (exact) mass is 274 g/mol. The second kappa shape index (κ2) is 3.05. The minimum Gasteiger partial charge on any atom is -0.462 e. The van der Waals surface area contributed by atoms with E-state index in [1.165, 1.54) is 0 Å². The Bertz CT molecular complexity index is 333. The summed E-state index contributed by atoms with van der Waals surface area (Å²) in [5.74, 6) is -0.179. The molecular weight excluding hydrogens is 267 g/mol. The third-order valence-corrected chi connectivity index (χ3v) is 2.81. The maximum Gasteiger partial charge on any atom is 0.339 e. The molecule has 2 rings (SSSR count). The number of cyclic esters (lactones) is 1. The van der Waals surface area contributed by atoms with Crippen LogP contribution in [0.1, 0.15) is 15.9 Å². The van der Waals surface area contributed by atoms with Crippen LogP contribution in [0.3, 0.4) is 0 Å². The van der Waals surface area contributed by atoms with Crippen molar-refractivity contribution in [2.45, 2.75) is 6.42 Å². The second-order valence-corrected chi connectivity index (χ2v) is 3.82. The zero-order chi connectivity index (χ0) is 8.55. The molecule has 12 heavy (non-hydrogen) atoms. The van der Waals surface area contributed by atoms with Crippen molar-refractivity contribution in [2.75, 3.05) is 6.61 Å². The minimum absolute atomic E-state index is 0.179. The standard InChI is InChI=1S/C9H7IO2/c10-7-3-1-2-6-4-5-12-9(11)8(6)7/h1-3H,4-5H2. The van der Waals surface area contributed by atoms with Crippen LogP contribution in [0.15, 0.2) is 18.2 Å². The number of carbonyl (C=O) groups is 1. The highest BCUT2D eigenvalue weighted by molar-refractivity contribution is 14.1.